The summed E-state index contributed by atoms with van der Waals surface area (Å²) in [4.78, 5) is 29.1. The number of morpholine rings is 1. The number of ether oxygens (including phenoxy) is 1. The van der Waals surface area contributed by atoms with Crippen molar-refractivity contribution in [1.29, 1.82) is 0 Å². The number of nitrogens with zero attached hydrogens (tertiary/aromatic N) is 3. The van der Waals surface area contributed by atoms with E-state index in [1.807, 2.05) is 30.3 Å². The lowest BCUT2D eigenvalue weighted by Gasteiger charge is -2.29. The van der Waals surface area contributed by atoms with E-state index in [2.05, 4.69) is 5.10 Å². The molecule has 1 atom stereocenters. The maximum atomic E-state index is 13.8. The molecule has 0 radical (unpaired) electrons. The maximum Gasteiger partial charge on any atom is 0.295 e. The number of carbonyl (C=O) groups excluding carboxylic acids is 2. The van der Waals surface area contributed by atoms with Crippen LogP contribution in [-0.4, -0.2) is 65.8 Å². The first-order chi connectivity index (χ1) is 17.0. The van der Waals surface area contributed by atoms with E-state index in [0.717, 1.165) is 18.8 Å². The van der Waals surface area contributed by atoms with Gasteiger partial charge in [-0.05, 0) is 38.1 Å². The highest BCUT2D eigenvalue weighted by atomic mass is 16.5. The van der Waals surface area contributed by atoms with E-state index in [1.54, 1.807) is 30.7 Å². The van der Waals surface area contributed by atoms with Gasteiger partial charge >= 0.3 is 0 Å². The molecular formula is C26H28N4O5. The van der Waals surface area contributed by atoms with Crippen LogP contribution in [0.3, 0.4) is 0 Å². The number of para-hydroxylation sites is 1. The molecule has 1 unspecified atom stereocenters. The summed E-state index contributed by atoms with van der Waals surface area (Å²) < 4.78 is 12.9. The molecule has 2 aromatic heterocycles. The number of rotatable bonds is 6. The number of aryl methyl sites for hydroxylation is 1. The number of amides is 1. The van der Waals surface area contributed by atoms with E-state index in [9.17, 15) is 14.7 Å². The normalized spacial score (nSPS) is 20.6. The van der Waals surface area contributed by atoms with Gasteiger partial charge in [-0.2, -0.15) is 5.10 Å². The molecule has 5 rings (SSSR count). The molecule has 182 valence electrons. The summed E-state index contributed by atoms with van der Waals surface area (Å²) in [6, 6.07) is 12.1. The lowest BCUT2D eigenvalue weighted by atomic mass is 9.99. The summed E-state index contributed by atoms with van der Waals surface area (Å²) in [6.07, 6.45) is 1.46. The van der Waals surface area contributed by atoms with Crippen molar-refractivity contribution in [3.8, 4) is 5.69 Å². The Morgan fingerprint density at radius 2 is 1.86 bits per heavy atom. The van der Waals surface area contributed by atoms with E-state index in [4.69, 9.17) is 9.15 Å². The molecule has 9 nitrogen and oxygen atoms in total. The molecule has 9 heteroatoms. The summed E-state index contributed by atoms with van der Waals surface area (Å²) in [5.41, 5.74) is 1.60. The second-order valence-electron chi connectivity index (χ2n) is 8.92. The topological polar surface area (TPSA) is 105 Å². The fraction of sp³-hybridized carbons (Fsp3) is 0.346. The first-order valence-corrected chi connectivity index (χ1v) is 11.8. The second kappa shape index (κ2) is 9.52. The van der Waals surface area contributed by atoms with E-state index in [0.29, 0.717) is 49.1 Å². The Bertz CT molecular complexity index is 1270. The molecule has 3 aromatic rings. The van der Waals surface area contributed by atoms with Gasteiger partial charge in [0.2, 0.25) is 5.78 Å². The van der Waals surface area contributed by atoms with Gasteiger partial charge in [0.15, 0.2) is 0 Å². The predicted octanol–water partition coefficient (Wildman–Crippen LogP) is 0.221. The zero-order valence-corrected chi connectivity index (χ0v) is 19.8. The van der Waals surface area contributed by atoms with Crippen LogP contribution in [0.4, 0.5) is 0 Å². The summed E-state index contributed by atoms with van der Waals surface area (Å²) in [5, 5.41) is 18.1. The standard InChI is InChI=1S/C26H28N4O5/c1-17-8-9-21(35-17)23-22(25(32)26(33)29(23)11-10-28-12-14-34-15-13-28)24(31)20-16-27-30(18(20)2)19-6-4-3-5-7-19/h3-9,16,23,31H,10-15H2,1-2H3/b24-22+. The van der Waals surface area contributed by atoms with Gasteiger partial charge in [0, 0.05) is 16.8 Å². The van der Waals surface area contributed by atoms with E-state index in [1.165, 1.54) is 16.0 Å². The molecule has 1 amide bonds. The summed E-state index contributed by atoms with van der Waals surface area (Å²) in [6.45, 7) is 7.59. The van der Waals surface area contributed by atoms with Crippen LogP contribution >= 0.6 is 0 Å². The van der Waals surface area contributed by atoms with Crippen LogP contribution in [0.5, 0.6) is 0 Å². The number of Topliss-reactive ketones (excluding diaryl/α,β-unsaturated/α-hetero) is 1. The number of likely N-dealkylation sites (tertiary alicyclic amines) is 1. The van der Waals surface area contributed by atoms with Crippen LogP contribution in [0.15, 0.2) is 58.7 Å². The van der Waals surface area contributed by atoms with Crippen LogP contribution in [0, 0.1) is 13.8 Å². The molecule has 1 N–H and O–H groups in total. The molecule has 0 aliphatic carbocycles. The summed E-state index contributed by atoms with van der Waals surface area (Å²) >= 11 is 0. The van der Waals surface area contributed by atoms with Gasteiger partial charge in [-0.25, -0.2) is 4.68 Å². The Kier molecular flexibility index (Phi) is 6.27. The van der Waals surface area contributed by atoms with Gasteiger partial charge in [0.05, 0.1) is 38.2 Å². The van der Waals surface area contributed by atoms with Crippen molar-refractivity contribution in [3.63, 3.8) is 0 Å². The molecule has 2 aliphatic rings. The van der Waals surface area contributed by atoms with Crippen molar-refractivity contribution in [2.45, 2.75) is 19.9 Å². The molecule has 4 heterocycles. The summed E-state index contributed by atoms with van der Waals surface area (Å²) in [7, 11) is 0. The fourth-order valence-corrected chi connectivity index (χ4v) is 4.79. The average molecular weight is 477 g/mol. The molecule has 0 bridgehead atoms. The summed E-state index contributed by atoms with van der Waals surface area (Å²) in [5.74, 6) is -0.894. The van der Waals surface area contributed by atoms with E-state index in [-0.39, 0.29) is 5.57 Å². The number of benzene rings is 1. The zero-order chi connectivity index (χ0) is 24.5. The van der Waals surface area contributed by atoms with Crippen LogP contribution in [0.2, 0.25) is 0 Å². The lowest BCUT2D eigenvalue weighted by Crippen LogP contribution is -3.14. The van der Waals surface area contributed by atoms with Crippen molar-refractivity contribution in [2.24, 2.45) is 0 Å². The lowest BCUT2D eigenvalue weighted by molar-refractivity contribution is -0.907. The van der Waals surface area contributed by atoms with Crippen molar-refractivity contribution >= 4 is 17.4 Å². The molecule has 0 spiro atoms. The molecular weight excluding hydrogens is 448 g/mol. The number of ketones is 1. The highest BCUT2D eigenvalue weighted by Crippen LogP contribution is 2.39. The Hall–Kier alpha value is -3.69. The second-order valence-corrected chi connectivity index (χ2v) is 8.92. The van der Waals surface area contributed by atoms with Crippen molar-refractivity contribution in [3.05, 3.63) is 77.0 Å². The molecule has 1 aromatic carbocycles. The van der Waals surface area contributed by atoms with Crippen LogP contribution in [-0.2, 0) is 14.3 Å². The highest BCUT2D eigenvalue weighted by Gasteiger charge is 2.46. The largest absolute Gasteiger partial charge is 0.872 e. The molecule has 0 saturated carbocycles. The van der Waals surface area contributed by atoms with Crippen molar-refractivity contribution < 1.29 is 28.7 Å². The van der Waals surface area contributed by atoms with Gasteiger partial charge in [-0.15, -0.1) is 0 Å². The highest BCUT2D eigenvalue weighted by molar-refractivity contribution is 6.46. The van der Waals surface area contributed by atoms with E-state index < -0.39 is 23.5 Å². The van der Waals surface area contributed by atoms with Crippen LogP contribution in [0.1, 0.15) is 28.8 Å². The van der Waals surface area contributed by atoms with Gasteiger partial charge < -0.3 is 24.1 Å². The number of carbonyl (C=O) groups is 2. The number of hydrogen-bond acceptors (Lipinski definition) is 6. The number of quaternary nitrogens is 1. The quantitative estimate of drug-likeness (QED) is 0.310. The molecule has 2 saturated heterocycles. The predicted molar refractivity (Wildman–Crippen MR) is 125 cm³/mol. The third-order valence-corrected chi connectivity index (χ3v) is 6.72. The Labute approximate surface area is 203 Å². The number of nitrogens with one attached hydrogen (secondary N) is 1. The number of hydrogen-bond donors (Lipinski definition) is 1. The minimum absolute atomic E-state index is 0.0861. The third kappa shape index (κ3) is 4.28. The SMILES string of the molecule is Cc1ccc(C2/C(=C(\[O-])c3cnn(-c4ccccc4)c3C)C(=O)C(=O)N2CC[NH+]2CCOCC2)o1. The van der Waals surface area contributed by atoms with Crippen molar-refractivity contribution in [2.75, 3.05) is 39.4 Å². The smallest absolute Gasteiger partial charge is 0.295 e. The van der Waals surface area contributed by atoms with Gasteiger partial charge in [0.25, 0.3) is 5.91 Å². The molecule has 2 aliphatic heterocycles. The van der Waals surface area contributed by atoms with Gasteiger partial charge in [-0.3, -0.25) is 9.59 Å². The van der Waals surface area contributed by atoms with Crippen LogP contribution < -0.4 is 10.0 Å². The Morgan fingerprint density at radius 3 is 2.54 bits per heavy atom. The molecule has 35 heavy (non-hydrogen) atoms. The zero-order valence-electron chi connectivity index (χ0n) is 19.8. The van der Waals surface area contributed by atoms with Gasteiger partial charge in [-0.1, -0.05) is 24.0 Å². The fourth-order valence-electron chi connectivity index (χ4n) is 4.79. The van der Waals surface area contributed by atoms with Crippen molar-refractivity contribution in [1.82, 2.24) is 14.7 Å². The van der Waals surface area contributed by atoms with Gasteiger partial charge in [0.1, 0.15) is 30.7 Å². The van der Waals surface area contributed by atoms with E-state index >= 15 is 0 Å². The third-order valence-electron chi connectivity index (χ3n) is 6.72. The maximum absolute atomic E-state index is 13.8. The van der Waals surface area contributed by atoms with Crippen LogP contribution in [0.25, 0.3) is 11.4 Å². The Morgan fingerprint density at radius 1 is 1.11 bits per heavy atom. The minimum atomic E-state index is -0.865. The first kappa shape index (κ1) is 23.1. The number of furan rings is 1. The number of aromatic nitrogens is 2. The monoisotopic (exact) mass is 476 g/mol. The first-order valence-electron chi connectivity index (χ1n) is 11.8. The average Bonchev–Trinajstić information content (AvgIpc) is 3.55. The Balaban J connectivity index is 1.54. The molecule has 2 fully saturated rings. The minimum Gasteiger partial charge on any atom is -0.872 e.